The van der Waals surface area contributed by atoms with Gasteiger partial charge in [0.25, 0.3) is 0 Å². The van der Waals surface area contributed by atoms with Crippen molar-refractivity contribution in [3.63, 3.8) is 0 Å². The maximum absolute atomic E-state index is 13.1. The van der Waals surface area contributed by atoms with E-state index >= 15 is 0 Å². The van der Waals surface area contributed by atoms with Gasteiger partial charge in [-0.1, -0.05) is 49.2 Å². The van der Waals surface area contributed by atoms with Crippen LogP contribution in [0.15, 0.2) is 54.7 Å². The topological polar surface area (TPSA) is 36.4 Å². The summed E-state index contributed by atoms with van der Waals surface area (Å²) in [5.41, 5.74) is 2.47. The number of hydrogen-bond acceptors (Lipinski definition) is 3. The highest BCUT2D eigenvalue weighted by atomic mass is 16.2. The highest BCUT2D eigenvalue weighted by Crippen LogP contribution is 2.26. The molecule has 0 radical (unpaired) electrons. The molecule has 1 saturated carbocycles. The van der Waals surface area contributed by atoms with Crippen LogP contribution in [0.3, 0.4) is 0 Å². The number of carbonyl (C=O) groups excluding carboxylic acids is 1. The molecule has 1 saturated heterocycles. The Labute approximate surface area is 181 Å². The van der Waals surface area contributed by atoms with Gasteiger partial charge in [0.05, 0.1) is 0 Å². The van der Waals surface area contributed by atoms with E-state index in [1.54, 1.807) is 0 Å². The molecule has 1 atom stereocenters. The predicted octanol–water partition coefficient (Wildman–Crippen LogP) is 4.35. The number of nitrogens with zero attached hydrogens (tertiary/aromatic N) is 3. The second-order valence-corrected chi connectivity index (χ2v) is 9.00. The Morgan fingerprint density at radius 2 is 1.77 bits per heavy atom. The third-order valence-corrected chi connectivity index (χ3v) is 6.75. The molecule has 0 N–H and O–H groups in total. The van der Waals surface area contributed by atoms with Crippen LogP contribution in [-0.4, -0.2) is 52.9 Å². The van der Waals surface area contributed by atoms with E-state index in [9.17, 15) is 4.79 Å². The van der Waals surface area contributed by atoms with E-state index in [1.807, 2.05) is 18.3 Å². The van der Waals surface area contributed by atoms with Gasteiger partial charge in [0.15, 0.2) is 0 Å². The molecule has 1 aliphatic heterocycles. The van der Waals surface area contributed by atoms with Gasteiger partial charge in [-0.2, -0.15) is 0 Å². The van der Waals surface area contributed by atoms with Crippen molar-refractivity contribution in [3.8, 4) is 0 Å². The molecule has 4 nitrogen and oxygen atoms in total. The lowest BCUT2D eigenvalue weighted by atomic mass is 10.0. The molecule has 0 spiro atoms. The summed E-state index contributed by atoms with van der Waals surface area (Å²) in [5.74, 6) is 0.784. The van der Waals surface area contributed by atoms with Crippen LogP contribution < -0.4 is 0 Å². The molecule has 2 aromatic rings. The van der Waals surface area contributed by atoms with Crippen molar-refractivity contribution in [1.29, 1.82) is 0 Å². The summed E-state index contributed by atoms with van der Waals surface area (Å²) in [6.07, 6.45) is 10.7. The van der Waals surface area contributed by atoms with Crippen LogP contribution in [0.4, 0.5) is 0 Å². The maximum atomic E-state index is 13.1. The number of hydrogen-bond donors (Lipinski definition) is 0. The minimum atomic E-state index is 0.324. The molecule has 1 aromatic carbocycles. The summed E-state index contributed by atoms with van der Waals surface area (Å²) < 4.78 is 0. The average molecular weight is 406 g/mol. The lowest BCUT2D eigenvalue weighted by Gasteiger charge is -2.29. The van der Waals surface area contributed by atoms with E-state index in [0.29, 0.717) is 24.3 Å². The first-order chi connectivity index (χ1) is 14.8. The summed E-state index contributed by atoms with van der Waals surface area (Å²) in [5, 5.41) is 0. The van der Waals surface area contributed by atoms with Gasteiger partial charge in [-0.25, -0.2) is 0 Å². The zero-order chi connectivity index (χ0) is 20.6. The average Bonchev–Trinajstić information content (AvgIpc) is 3.23. The number of aryl methyl sites for hydroxylation is 1. The molecular formula is C26H35N3O. The monoisotopic (exact) mass is 405 g/mol. The molecule has 2 fully saturated rings. The number of amides is 1. The van der Waals surface area contributed by atoms with Gasteiger partial charge in [-0.05, 0) is 55.7 Å². The molecule has 4 heteroatoms. The fourth-order valence-corrected chi connectivity index (χ4v) is 5.15. The Morgan fingerprint density at radius 3 is 2.53 bits per heavy atom. The first kappa shape index (κ1) is 21.0. The van der Waals surface area contributed by atoms with Crippen molar-refractivity contribution in [3.05, 3.63) is 66.0 Å². The molecule has 0 bridgehead atoms. The Kier molecular flexibility index (Phi) is 7.52. The highest BCUT2D eigenvalue weighted by molar-refractivity contribution is 5.76. The van der Waals surface area contributed by atoms with Gasteiger partial charge < -0.3 is 4.90 Å². The van der Waals surface area contributed by atoms with Crippen LogP contribution in [0.5, 0.6) is 0 Å². The van der Waals surface area contributed by atoms with E-state index in [2.05, 4.69) is 51.2 Å². The zero-order valence-electron chi connectivity index (χ0n) is 18.1. The quantitative estimate of drug-likeness (QED) is 0.687. The number of aromatic nitrogens is 1. The predicted molar refractivity (Wildman–Crippen MR) is 121 cm³/mol. The van der Waals surface area contributed by atoms with Gasteiger partial charge in [0, 0.05) is 50.5 Å². The van der Waals surface area contributed by atoms with Gasteiger partial charge in [0.1, 0.15) is 0 Å². The summed E-state index contributed by atoms with van der Waals surface area (Å²) in [7, 11) is 0. The van der Waals surface area contributed by atoms with Gasteiger partial charge >= 0.3 is 0 Å². The third-order valence-electron chi connectivity index (χ3n) is 6.75. The first-order valence-electron chi connectivity index (χ1n) is 11.7. The van der Waals surface area contributed by atoms with Gasteiger partial charge in [-0.3, -0.25) is 14.7 Å². The molecule has 2 heterocycles. The van der Waals surface area contributed by atoms with E-state index in [-0.39, 0.29) is 0 Å². The first-order valence-corrected chi connectivity index (χ1v) is 11.7. The summed E-state index contributed by atoms with van der Waals surface area (Å²) in [6, 6.07) is 17.4. The number of carbonyl (C=O) groups is 1. The molecule has 1 aromatic heterocycles. The van der Waals surface area contributed by atoms with E-state index < -0.39 is 0 Å². The largest absolute Gasteiger partial charge is 0.341 e. The number of benzene rings is 1. The lowest BCUT2D eigenvalue weighted by Crippen LogP contribution is -2.38. The van der Waals surface area contributed by atoms with Crippen molar-refractivity contribution < 1.29 is 4.79 Å². The molecule has 0 unspecified atom stereocenters. The van der Waals surface area contributed by atoms with Crippen molar-refractivity contribution >= 4 is 5.91 Å². The zero-order valence-corrected chi connectivity index (χ0v) is 18.1. The molecule has 1 amide bonds. The minimum absolute atomic E-state index is 0.324. The summed E-state index contributed by atoms with van der Waals surface area (Å²) >= 11 is 0. The number of rotatable bonds is 7. The van der Waals surface area contributed by atoms with Crippen LogP contribution in [0.2, 0.25) is 0 Å². The second-order valence-electron chi connectivity index (χ2n) is 9.00. The molecule has 160 valence electrons. The fourth-order valence-electron chi connectivity index (χ4n) is 5.15. The minimum Gasteiger partial charge on any atom is -0.341 e. The molecular weight excluding hydrogens is 370 g/mol. The molecule has 2 aliphatic rings. The third kappa shape index (κ3) is 5.91. The van der Waals surface area contributed by atoms with Crippen LogP contribution in [0.1, 0.15) is 49.8 Å². The Hall–Kier alpha value is -2.20. The summed E-state index contributed by atoms with van der Waals surface area (Å²) in [6.45, 7) is 3.85. The highest BCUT2D eigenvalue weighted by Gasteiger charge is 2.30. The van der Waals surface area contributed by atoms with E-state index in [4.69, 9.17) is 0 Å². The molecule has 1 aliphatic carbocycles. The smallest absolute Gasteiger partial charge is 0.222 e. The molecule has 30 heavy (non-hydrogen) atoms. The second kappa shape index (κ2) is 10.7. The van der Waals surface area contributed by atoms with E-state index in [0.717, 1.165) is 51.1 Å². The standard InChI is InChI=1S/C26H35N3O/c30-26(15-8-11-22-9-2-1-3-10-22)29-18-17-28(25-13-4-5-14-25)20-23(21-29)19-24-12-6-7-16-27-24/h1-3,6-7,9-10,12,16,23,25H,4-5,8,11,13-15,17-21H2/t23-/m0/s1. The Bertz CT molecular complexity index is 773. The Morgan fingerprint density at radius 1 is 0.967 bits per heavy atom. The van der Waals surface area contributed by atoms with Crippen molar-refractivity contribution in [2.24, 2.45) is 5.92 Å². The molecule has 4 rings (SSSR count). The van der Waals surface area contributed by atoms with Crippen molar-refractivity contribution in [2.45, 2.75) is 57.4 Å². The van der Waals surface area contributed by atoms with Crippen molar-refractivity contribution in [1.82, 2.24) is 14.8 Å². The van der Waals surface area contributed by atoms with E-state index in [1.165, 1.54) is 31.2 Å². The Balaban J connectivity index is 1.37. The maximum Gasteiger partial charge on any atom is 0.222 e. The van der Waals surface area contributed by atoms with Crippen molar-refractivity contribution in [2.75, 3.05) is 26.2 Å². The fraction of sp³-hybridized carbons (Fsp3) is 0.538. The lowest BCUT2D eigenvalue weighted by molar-refractivity contribution is -0.131. The SMILES string of the molecule is O=C(CCCc1ccccc1)N1CCN(C2CCCC2)C[C@H](Cc2ccccn2)C1. The van der Waals surface area contributed by atoms with Gasteiger partial charge in [-0.15, -0.1) is 0 Å². The van der Waals surface area contributed by atoms with Gasteiger partial charge in [0.2, 0.25) is 5.91 Å². The van der Waals surface area contributed by atoms with Crippen LogP contribution in [0, 0.1) is 5.92 Å². The van der Waals surface area contributed by atoms with Crippen LogP contribution in [0.25, 0.3) is 0 Å². The van der Waals surface area contributed by atoms with Crippen LogP contribution in [-0.2, 0) is 17.6 Å². The number of pyridine rings is 1. The normalized spacial score (nSPS) is 20.9. The van der Waals surface area contributed by atoms with Crippen LogP contribution >= 0.6 is 0 Å². The summed E-state index contributed by atoms with van der Waals surface area (Å²) in [4.78, 5) is 22.4.